The maximum Gasteiger partial charge on any atom is 0.238 e. The third kappa shape index (κ3) is 5.13. The summed E-state index contributed by atoms with van der Waals surface area (Å²) in [6, 6.07) is 12.3. The van der Waals surface area contributed by atoms with Gasteiger partial charge in [-0.05, 0) is 72.7 Å². The number of nitrogens with zero attached hydrogens (tertiary/aromatic N) is 2. The molecular weight excluding hydrogens is 390 g/mol. The molecule has 2 aromatic carbocycles. The number of amides is 1. The van der Waals surface area contributed by atoms with E-state index in [0.29, 0.717) is 6.54 Å². The van der Waals surface area contributed by atoms with E-state index in [2.05, 4.69) is 40.2 Å². The van der Waals surface area contributed by atoms with Gasteiger partial charge < -0.3 is 19.7 Å². The van der Waals surface area contributed by atoms with E-state index in [1.807, 2.05) is 18.2 Å². The molecule has 1 saturated heterocycles. The van der Waals surface area contributed by atoms with E-state index in [1.165, 1.54) is 29.7 Å². The minimum Gasteiger partial charge on any atom is -0.493 e. The van der Waals surface area contributed by atoms with Gasteiger partial charge in [-0.25, -0.2) is 0 Å². The quantitative estimate of drug-likeness (QED) is 0.763. The molecule has 31 heavy (non-hydrogen) atoms. The zero-order valence-corrected chi connectivity index (χ0v) is 18.8. The van der Waals surface area contributed by atoms with Crippen molar-refractivity contribution in [2.24, 2.45) is 5.92 Å². The molecule has 0 saturated carbocycles. The molecule has 0 aliphatic carbocycles. The lowest BCUT2D eigenvalue weighted by atomic mass is 9.98. The molecule has 2 heterocycles. The van der Waals surface area contributed by atoms with E-state index in [9.17, 15) is 4.79 Å². The number of hydrogen-bond donors (Lipinski definition) is 1. The van der Waals surface area contributed by atoms with Crippen molar-refractivity contribution in [1.29, 1.82) is 0 Å². The molecule has 0 bridgehead atoms. The topological polar surface area (TPSA) is 54.0 Å². The first-order valence-corrected chi connectivity index (χ1v) is 11.2. The van der Waals surface area contributed by atoms with E-state index in [-0.39, 0.29) is 5.91 Å². The molecule has 1 amide bonds. The zero-order valence-electron chi connectivity index (χ0n) is 18.8. The van der Waals surface area contributed by atoms with Crippen molar-refractivity contribution in [2.45, 2.75) is 32.7 Å². The molecule has 4 rings (SSSR count). The summed E-state index contributed by atoms with van der Waals surface area (Å²) in [7, 11) is 3.30. The van der Waals surface area contributed by atoms with E-state index < -0.39 is 0 Å². The normalized spacial score (nSPS) is 17.2. The molecule has 1 fully saturated rings. The maximum atomic E-state index is 12.6. The van der Waals surface area contributed by atoms with Crippen molar-refractivity contribution in [2.75, 3.05) is 50.6 Å². The molecule has 2 aliphatic heterocycles. The van der Waals surface area contributed by atoms with Crippen molar-refractivity contribution < 1.29 is 14.3 Å². The summed E-state index contributed by atoms with van der Waals surface area (Å²) in [5, 5.41) is 3.05. The van der Waals surface area contributed by atoms with Crippen molar-refractivity contribution in [1.82, 2.24) is 4.90 Å². The molecule has 166 valence electrons. The van der Waals surface area contributed by atoms with Crippen LogP contribution in [0, 0.1) is 5.92 Å². The van der Waals surface area contributed by atoms with Gasteiger partial charge in [-0.15, -0.1) is 0 Å². The lowest BCUT2D eigenvalue weighted by Gasteiger charge is -2.32. The lowest BCUT2D eigenvalue weighted by Crippen LogP contribution is -2.37. The van der Waals surface area contributed by atoms with Gasteiger partial charge in [0.25, 0.3) is 0 Å². The molecule has 0 aromatic heterocycles. The second-order valence-electron chi connectivity index (χ2n) is 8.70. The standard InChI is InChI=1S/C25H33N3O3/c1-18-8-12-28(13-9-18)22-6-4-21(5-7-22)26-25(29)17-27-11-10-19-14-23(30-2)24(31-3)15-20(19)16-27/h4-7,14-15,18H,8-13,16-17H2,1-3H3,(H,26,29). The van der Waals surface area contributed by atoms with Gasteiger partial charge in [0.15, 0.2) is 11.5 Å². The Balaban J connectivity index is 1.32. The van der Waals surface area contributed by atoms with Gasteiger partial charge in [0.1, 0.15) is 0 Å². The van der Waals surface area contributed by atoms with Gasteiger partial charge in [0, 0.05) is 37.6 Å². The number of hydrogen-bond acceptors (Lipinski definition) is 5. The Labute approximate surface area is 185 Å². The molecule has 0 radical (unpaired) electrons. The lowest BCUT2D eigenvalue weighted by molar-refractivity contribution is -0.117. The summed E-state index contributed by atoms with van der Waals surface area (Å²) in [5.74, 6) is 2.33. The van der Waals surface area contributed by atoms with Crippen LogP contribution in [0.4, 0.5) is 11.4 Å². The van der Waals surface area contributed by atoms with Crippen LogP contribution in [0.5, 0.6) is 11.5 Å². The number of carbonyl (C=O) groups excluding carboxylic acids is 1. The smallest absolute Gasteiger partial charge is 0.238 e. The second kappa shape index (κ2) is 9.60. The Morgan fingerprint density at radius 1 is 1.00 bits per heavy atom. The van der Waals surface area contributed by atoms with Crippen LogP contribution in [0.25, 0.3) is 0 Å². The molecule has 6 heteroatoms. The Morgan fingerprint density at radius 3 is 2.29 bits per heavy atom. The summed E-state index contributed by atoms with van der Waals surface area (Å²) in [5.41, 5.74) is 4.54. The highest BCUT2D eigenvalue weighted by Crippen LogP contribution is 2.33. The van der Waals surface area contributed by atoms with Gasteiger partial charge in [0.2, 0.25) is 5.91 Å². The maximum absolute atomic E-state index is 12.6. The number of nitrogens with one attached hydrogen (secondary N) is 1. The van der Waals surface area contributed by atoms with Crippen molar-refractivity contribution in [3.05, 3.63) is 47.5 Å². The number of benzene rings is 2. The Bertz CT molecular complexity index is 905. The highest BCUT2D eigenvalue weighted by molar-refractivity contribution is 5.92. The number of rotatable bonds is 6. The first kappa shape index (κ1) is 21.5. The molecule has 6 nitrogen and oxygen atoms in total. The van der Waals surface area contributed by atoms with Crippen LogP contribution < -0.4 is 19.7 Å². The number of fused-ring (bicyclic) bond motifs is 1. The van der Waals surface area contributed by atoms with Crippen LogP contribution in [0.2, 0.25) is 0 Å². The minimum absolute atomic E-state index is 0.0171. The van der Waals surface area contributed by atoms with Crippen molar-refractivity contribution >= 4 is 17.3 Å². The molecule has 0 spiro atoms. The number of anilines is 2. The first-order valence-electron chi connectivity index (χ1n) is 11.2. The zero-order chi connectivity index (χ0) is 21.8. The highest BCUT2D eigenvalue weighted by atomic mass is 16.5. The molecule has 0 atom stereocenters. The van der Waals surface area contributed by atoms with E-state index in [4.69, 9.17) is 9.47 Å². The fraction of sp³-hybridized carbons (Fsp3) is 0.480. The summed E-state index contributed by atoms with van der Waals surface area (Å²) < 4.78 is 10.8. The van der Waals surface area contributed by atoms with Crippen LogP contribution in [0.1, 0.15) is 30.9 Å². The molecule has 0 unspecified atom stereocenters. The van der Waals surface area contributed by atoms with E-state index >= 15 is 0 Å². The monoisotopic (exact) mass is 423 g/mol. The average molecular weight is 424 g/mol. The molecule has 1 N–H and O–H groups in total. The number of methoxy groups -OCH3 is 2. The van der Waals surface area contributed by atoms with Crippen LogP contribution in [-0.4, -0.2) is 51.2 Å². The van der Waals surface area contributed by atoms with Crippen molar-refractivity contribution in [3.8, 4) is 11.5 Å². The fourth-order valence-corrected chi connectivity index (χ4v) is 4.50. The third-order valence-corrected chi connectivity index (χ3v) is 6.46. The predicted molar refractivity (Wildman–Crippen MR) is 124 cm³/mol. The first-order chi connectivity index (χ1) is 15.1. The molecular formula is C25H33N3O3. The second-order valence-corrected chi connectivity index (χ2v) is 8.70. The summed E-state index contributed by atoms with van der Waals surface area (Å²) in [6.07, 6.45) is 3.39. The van der Waals surface area contributed by atoms with Crippen LogP contribution in [-0.2, 0) is 17.8 Å². The van der Waals surface area contributed by atoms with Gasteiger partial charge in [-0.2, -0.15) is 0 Å². The average Bonchev–Trinajstić information content (AvgIpc) is 2.79. The minimum atomic E-state index is 0.0171. The third-order valence-electron chi connectivity index (χ3n) is 6.46. The number of ether oxygens (including phenoxy) is 2. The summed E-state index contributed by atoms with van der Waals surface area (Å²) in [4.78, 5) is 17.2. The SMILES string of the molecule is COc1cc2c(cc1OC)CN(CC(=O)Nc1ccc(N3CCC(C)CC3)cc1)CC2. The number of piperidine rings is 1. The molecule has 2 aliphatic rings. The predicted octanol–water partition coefficient (Wildman–Crippen LogP) is 3.94. The largest absolute Gasteiger partial charge is 0.493 e. The Morgan fingerprint density at radius 2 is 1.65 bits per heavy atom. The van der Waals surface area contributed by atoms with Gasteiger partial charge >= 0.3 is 0 Å². The Hall–Kier alpha value is -2.73. The van der Waals surface area contributed by atoms with Crippen LogP contribution in [0.3, 0.4) is 0 Å². The Kier molecular flexibility index (Phi) is 6.66. The van der Waals surface area contributed by atoms with Gasteiger partial charge in [-0.3, -0.25) is 9.69 Å². The van der Waals surface area contributed by atoms with Crippen molar-refractivity contribution in [3.63, 3.8) is 0 Å². The van der Waals surface area contributed by atoms with Crippen LogP contribution >= 0.6 is 0 Å². The van der Waals surface area contributed by atoms with Gasteiger partial charge in [-0.1, -0.05) is 6.92 Å². The van der Waals surface area contributed by atoms with E-state index in [0.717, 1.165) is 55.7 Å². The van der Waals surface area contributed by atoms with Crippen LogP contribution in [0.15, 0.2) is 36.4 Å². The highest BCUT2D eigenvalue weighted by Gasteiger charge is 2.21. The van der Waals surface area contributed by atoms with E-state index in [1.54, 1.807) is 14.2 Å². The van der Waals surface area contributed by atoms with Gasteiger partial charge in [0.05, 0.1) is 20.8 Å². The summed E-state index contributed by atoms with van der Waals surface area (Å²) in [6.45, 7) is 6.50. The molecule has 2 aromatic rings. The fourth-order valence-electron chi connectivity index (χ4n) is 4.50. The summed E-state index contributed by atoms with van der Waals surface area (Å²) >= 11 is 0. The number of carbonyl (C=O) groups is 1.